The van der Waals surface area contributed by atoms with Gasteiger partial charge in [0.15, 0.2) is 0 Å². The van der Waals surface area contributed by atoms with Crippen molar-refractivity contribution in [2.75, 3.05) is 0 Å². The maximum Gasteiger partial charge on any atom is 0.268 e. The van der Waals surface area contributed by atoms with Crippen molar-refractivity contribution in [2.24, 2.45) is 5.92 Å². The Morgan fingerprint density at radius 1 is 1.56 bits per heavy atom. The van der Waals surface area contributed by atoms with E-state index in [0.29, 0.717) is 18.2 Å². The van der Waals surface area contributed by atoms with Crippen LogP contribution >= 0.6 is 11.3 Å². The molecule has 2 aromatic rings. The number of carbonyl (C=O) groups is 1. The second-order valence-corrected chi connectivity index (χ2v) is 4.92. The summed E-state index contributed by atoms with van der Waals surface area (Å²) in [5.74, 6) is 1.20. The van der Waals surface area contributed by atoms with Crippen LogP contribution in [0.2, 0.25) is 0 Å². The Morgan fingerprint density at radius 2 is 2.44 bits per heavy atom. The Hall–Kier alpha value is -1.49. The fourth-order valence-corrected chi connectivity index (χ4v) is 2.16. The minimum absolute atomic E-state index is 0.00550. The number of hydrogen-bond acceptors (Lipinski definition) is 5. The highest BCUT2D eigenvalue weighted by Crippen LogP contribution is 2.33. The third kappa shape index (κ3) is 1.90. The summed E-state index contributed by atoms with van der Waals surface area (Å²) in [4.78, 5) is 16.7. The maximum absolute atomic E-state index is 11.7. The average molecular weight is 234 g/mol. The molecule has 3 rings (SSSR count). The first-order chi connectivity index (χ1) is 7.83. The first-order valence-electron chi connectivity index (χ1n) is 5.24. The van der Waals surface area contributed by atoms with Gasteiger partial charge in [0, 0.05) is 6.42 Å². The van der Waals surface area contributed by atoms with E-state index in [1.165, 1.54) is 11.3 Å². The third-order valence-electron chi connectivity index (χ3n) is 2.58. The topological polar surface area (TPSA) is 56.0 Å². The number of hydrogen-bond donors (Lipinski definition) is 0. The molecule has 16 heavy (non-hydrogen) atoms. The largest absolute Gasteiger partial charge is 0.333 e. The number of thiophene rings is 1. The fourth-order valence-electron chi connectivity index (χ4n) is 1.51. The number of ketones is 1. The summed E-state index contributed by atoms with van der Waals surface area (Å²) in [6.07, 6.45) is 2.87. The zero-order chi connectivity index (χ0) is 11.0. The van der Waals surface area contributed by atoms with E-state index in [1.54, 1.807) is 0 Å². The number of nitrogens with zero attached hydrogens (tertiary/aromatic N) is 2. The zero-order valence-corrected chi connectivity index (χ0v) is 9.37. The Kier molecular flexibility index (Phi) is 2.32. The van der Waals surface area contributed by atoms with Crippen LogP contribution in [-0.2, 0) is 0 Å². The lowest BCUT2D eigenvalue weighted by Gasteiger charge is -1.89. The second kappa shape index (κ2) is 3.83. The van der Waals surface area contributed by atoms with Gasteiger partial charge in [-0.15, -0.1) is 11.3 Å². The number of Topliss-reactive ketones (excluding diaryl/α,β-unsaturated/α-hetero) is 1. The second-order valence-electron chi connectivity index (χ2n) is 3.97. The molecule has 0 atom stereocenters. The number of carbonyl (C=O) groups excluding carboxylic acids is 1. The van der Waals surface area contributed by atoms with Crippen molar-refractivity contribution in [1.82, 2.24) is 10.1 Å². The van der Waals surface area contributed by atoms with Gasteiger partial charge < -0.3 is 4.52 Å². The average Bonchev–Trinajstić information content (AvgIpc) is 2.84. The van der Waals surface area contributed by atoms with Gasteiger partial charge in [0.05, 0.1) is 4.88 Å². The Balaban J connectivity index is 1.79. The molecular weight excluding hydrogens is 224 g/mol. The first kappa shape index (κ1) is 9.72. The molecule has 0 N–H and O–H groups in total. The van der Waals surface area contributed by atoms with Crippen LogP contribution in [0.15, 0.2) is 22.0 Å². The molecule has 82 valence electrons. The van der Waals surface area contributed by atoms with Crippen molar-refractivity contribution in [3.63, 3.8) is 0 Å². The van der Waals surface area contributed by atoms with Crippen LogP contribution in [0.3, 0.4) is 0 Å². The van der Waals surface area contributed by atoms with Crippen LogP contribution < -0.4 is 0 Å². The quantitative estimate of drug-likeness (QED) is 0.763. The van der Waals surface area contributed by atoms with Crippen molar-refractivity contribution in [3.05, 3.63) is 23.3 Å². The summed E-state index contributed by atoms with van der Waals surface area (Å²) >= 11 is 1.52. The molecule has 1 aliphatic rings. The summed E-state index contributed by atoms with van der Waals surface area (Å²) in [5, 5.41) is 5.66. The van der Waals surface area contributed by atoms with Crippen molar-refractivity contribution >= 4 is 17.1 Å². The highest BCUT2D eigenvalue weighted by Gasteiger charge is 2.27. The van der Waals surface area contributed by atoms with E-state index in [0.717, 1.165) is 17.7 Å². The molecule has 2 heterocycles. The smallest absolute Gasteiger partial charge is 0.268 e. The van der Waals surface area contributed by atoms with Crippen molar-refractivity contribution in [1.29, 1.82) is 0 Å². The summed E-state index contributed by atoms with van der Waals surface area (Å²) < 4.78 is 5.06. The lowest BCUT2D eigenvalue weighted by molar-refractivity contribution is 0.0963. The van der Waals surface area contributed by atoms with Crippen LogP contribution in [0, 0.1) is 5.92 Å². The van der Waals surface area contributed by atoms with Crippen LogP contribution in [0.1, 0.15) is 29.9 Å². The van der Waals surface area contributed by atoms with E-state index in [4.69, 9.17) is 4.52 Å². The Bertz CT molecular complexity index is 500. The normalized spacial score (nSPS) is 15.2. The molecule has 5 heteroatoms. The van der Waals surface area contributed by atoms with E-state index in [2.05, 4.69) is 10.1 Å². The number of rotatable bonds is 4. The summed E-state index contributed by atoms with van der Waals surface area (Å²) in [6, 6.07) is 3.81. The zero-order valence-electron chi connectivity index (χ0n) is 8.55. The van der Waals surface area contributed by atoms with E-state index in [-0.39, 0.29) is 11.6 Å². The highest BCUT2D eigenvalue weighted by molar-refractivity contribution is 7.13. The molecule has 1 fully saturated rings. The molecule has 1 aliphatic carbocycles. The Labute approximate surface area is 96.3 Å². The molecule has 0 spiro atoms. The van der Waals surface area contributed by atoms with Gasteiger partial charge in [-0.2, -0.15) is 4.98 Å². The van der Waals surface area contributed by atoms with Gasteiger partial charge in [0.1, 0.15) is 0 Å². The third-order valence-corrected chi connectivity index (χ3v) is 3.44. The fraction of sp³-hybridized carbons (Fsp3) is 0.364. The summed E-state index contributed by atoms with van der Waals surface area (Å²) in [6.45, 7) is 0. The SMILES string of the molecule is O=C(CC1CC1)c1noc(-c2cccs2)n1. The predicted octanol–water partition coefficient (Wildman–Crippen LogP) is 2.78. The van der Waals surface area contributed by atoms with Gasteiger partial charge in [-0.3, -0.25) is 4.79 Å². The molecule has 0 bridgehead atoms. The molecule has 1 saturated carbocycles. The first-order valence-corrected chi connectivity index (χ1v) is 6.11. The minimum Gasteiger partial charge on any atom is -0.333 e. The van der Waals surface area contributed by atoms with E-state index in [1.807, 2.05) is 17.5 Å². The standard InChI is InChI=1S/C11H10N2O2S/c14-8(6-7-3-4-7)10-12-11(15-13-10)9-2-1-5-16-9/h1-2,5,7H,3-4,6H2. The Morgan fingerprint density at radius 3 is 3.12 bits per heavy atom. The van der Waals surface area contributed by atoms with Gasteiger partial charge in [-0.05, 0) is 30.2 Å². The van der Waals surface area contributed by atoms with Gasteiger partial charge in [-0.25, -0.2) is 0 Å². The van der Waals surface area contributed by atoms with E-state index < -0.39 is 0 Å². The van der Waals surface area contributed by atoms with Crippen LogP contribution in [0.5, 0.6) is 0 Å². The van der Waals surface area contributed by atoms with Crippen molar-refractivity contribution in [3.8, 4) is 10.8 Å². The maximum atomic E-state index is 11.7. The molecule has 0 amide bonds. The predicted molar refractivity (Wildman–Crippen MR) is 59.3 cm³/mol. The lowest BCUT2D eigenvalue weighted by atomic mass is 10.2. The molecule has 0 aliphatic heterocycles. The van der Waals surface area contributed by atoms with E-state index in [9.17, 15) is 4.79 Å². The van der Waals surface area contributed by atoms with Gasteiger partial charge in [-0.1, -0.05) is 11.2 Å². The van der Waals surface area contributed by atoms with Crippen LogP contribution in [0.4, 0.5) is 0 Å². The van der Waals surface area contributed by atoms with Gasteiger partial charge in [0.25, 0.3) is 5.89 Å². The molecule has 0 saturated heterocycles. The molecule has 2 aromatic heterocycles. The van der Waals surface area contributed by atoms with E-state index >= 15 is 0 Å². The molecule has 0 unspecified atom stereocenters. The molecule has 0 radical (unpaired) electrons. The van der Waals surface area contributed by atoms with Crippen molar-refractivity contribution in [2.45, 2.75) is 19.3 Å². The molecule has 4 nitrogen and oxygen atoms in total. The highest BCUT2D eigenvalue weighted by atomic mass is 32.1. The summed E-state index contributed by atoms with van der Waals surface area (Å²) in [5.41, 5.74) is 0. The lowest BCUT2D eigenvalue weighted by Crippen LogP contribution is -2.02. The minimum atomic E-state index is -0.00550. The number of aromatic nitrogens is 2. The molecule has 0 aromatic carbocycles. The monoisotopic (exact) mass is 234 g/mol. The van der Waals surface area contributed by atoms with Crippen molar-refractivity contribution < 1.29 is 9.32 Å². The van der Waals surface area contributed by atoms with Gasteiger partial charge in [0.2, 0.25) is 11.6 Å². The van der Waals surface area contributed by atoms with Crippen LogP contribution in [0.25, 0.3) is 10.8 Å². The van der Waals surface area contributed by atoms with Crippen LogP contribution in [-0.4, -0.2) is 15.9 Å². The molecular formula is C11H10N2O2S. The van der Waals surface area contributed by atoms with Gasteiger partial charge >= 0.3 is 0 Å². The summed E-state index contributed by atoms with van der Waals surface area (Å²) in [7, 11) is 0.